The minimum atomic E-state index is -0.835. The van der Waals surface area contributed by atoms with Gasteiger partial charge < -0.3 is 5.11 Å². The van der Waals surface area contributed by atoms with Crippen molar-refractivity contribution >= 4 is 11.8 Å². The highest BCUT2D eigenvalue weighted by atomic mass is 16.4. The molecule has 15 heavy (non-hydrogen) atoms. The Hall–Kier alpha value is -1.12. The molecule has 2 rings (SSSR count). The van der Waals surface area contributed by atoms with Crippen molar-refractivity contribution in [2.24, 2.45) is 17.8 Å². The maximum atomic E-state index is 11.6. The van der Waals surface area contributed by atoms with Gasteiger partial charge in [-0.25, -0.2) is 4.79 Å². The Morgan fingerprint density at radius 1 is 1.53 bits per heavy atom. The summed E-state index contributed by atoms with van der Waals surface area (Å²) in [5, 5.41) is 9.11. The SMILES string of the molecule is CC[C@@H]1C=C(C(=O)O)[C@H]2CCC(=O)[C@@H]2C1. The Morgan fingerprint density at radius 2 is 2.27 bits per heavy atom. The van der Waals surface area contributed by atoms with E-state index >= 15 is 0 Å². The minimum Gasteiger partial charge on any atom is -0.478 e. The van der Waals surface area contributed by atoms with E-state index in [1.165, 1.54) is 0 Å². The van der Waals surface area contributed by atoms with Crippen molar-refractivity contribution in [2.75, 3.05) is 0 Å². The molecule has 0 radical (unpaired) electrons. The van der Waals surface area contributed by atoms with Gasteiger partial charge in [-0.15, -0.1) is 0 Å². The number of hydrogen-bond donors (Lipinski definition) is 1. The van der Waals surface area contributed by atoms with Crippen LogP contribution in [0.4, 0.5) is 0 Å². The Morgan fingerprint density at radius 3 is 2.87 bits per heavy atom. The molecule has 0 spiro atoms. The normalized spacial score (nSPS) is 34.9. The Kier molecular flexibility index (Phi) is 2.63. The fourth-order valence-electron chi connectivity index (χ4n) is 2.86. The van der Waals surface area contributed by atoms with E-state index in [4.69, 9.17) is 5.11 Å². The summed E-state index contributed by atoms with van der Waals surface area (Å²) in [6, 6.07) is 0. The number of aliphatic carboxylic acids is 1. The molecule has 0 heterocycles. The maximum absolute atomic E-state index is 11.6. The van der Waals surface area contributed by atoms with Crippen molar-refractivity contribution < 1.29 is 14.7 Å². The summed E-state index contributed by atoms with van der Waals surface area (Å²) in [6.07, 6.45) is 4.96. The van der Waals surface area contributed by atoms with Gasteiger partial charge in [0.2, 0.25) is 0 Å². The summed E-state index contributed by atoms with van der Waals surface area (Å²) < 4.78 is 0. The van der Waals surface area contributed by atoms with Crippen LogP contribution in [0.25, 0.3) is 0 Å². The van der Waals surface area contributed by atoms with E-state index in [1.807, 2.05) is 13.0 Å². The molecular weight excluding hydrogens is 192 g/mol. The third kappa shape index (κ3) is 1.71. The minimum absolute atomic E-state index is 0.00204. The average Bonchev–Trinajstić information content (AvgIpc) is 2.59. The summed E-state index contributed by atoms with van der Waals surface area (Å²) in [7, 11) is 0. The third-order valence-electron chi connectivity index (χ3n) is 3.74. The van der Waals surface area contributed by atoms with E-state index in [-0.39, 0.29) is 23.5 Å². The van der Waals surface area contributed by atoms with Crippen LogP contribution in [0.3, 0.4) is 0 Å². The predicted octanol–water partition coefficient (Wildman–Crippen LogP) is 2.02. The van der Waals surface area contributed by atoms with E-state index in [2.05, 4.69) is 0 Å². The fraction of sp³-hybridized carbons (Fsp3) is 0.667. The average molecular weight is 208 g/mol. The largest absolute Gasteiger partial charge is 0.478 e. The maximum Gasteiger partial charge on any atom is 0.331 e. The van der Waals surface area contributed by atoms with Crippen molar-refractivity contribution in [1.29, 1.82) is 0 Å². The molecule has 82 valence electrons. The predicted molar refractivity (Wildman–Crippen MR) is 55.3 cm³/mol. The zero-order valence-electron chi connectivity index (χ0n) is 8.90. The summed E-state index contributed by atoms with van der Waals surface area (Å²) in [6.45, 7) is 2.04. The molecule has 1 N–H and O–H groups in total. The van der Waals surface area contributed by atoms with E-state index in [1.54, 1.807) is 0 Å². The molecule has 2 aliphatic carbocycles. The molecular formula is C12H16O3. The topological polar surface area (TPSA) is 54.4 Å². The molecule has 0 unspecified atom stereocenters. The number of carboxylic acid groups (broad SMARTS) is 1. The second-order valence-electron chi connectivity index (χ2n) is 4.55. The van der Waals surface area contributed by atoms with Gasteiger partial charge in [-0.05, 0) is 25.2 Å². The van der Waals surface area contributed by atoms with Gasteiger partial charge in [0.05, 0.1) is 0 Å². The number of carboxylic acids is 1. The first kappa shape index (κ1) is 10.4. The number of fused-ring (bicyclic) bond motifs is 1. The highest BCUT2D eigenvalue weighted by molar-refractivity contribution is 5.92. The number of carbonyl (C=O) groups excluding carboxylic acids is 1. The van der Waals surface area contributed by atoms with Crippen LogP contribution in [0.15, 0.2) is 11.6 Å². The zero-order chi connectivity index (χ0) is 11.0. The molecule has 0 bridgehead atoms. The summed E-state index contributed by atoms with van der Waals surface area (Å²) in [5.74, 6) is -0.300. The van der Waals surface area contributed by atoms with E-state index in [0.29, 0.717) is 12.0 Å². The fourth-order valence-corrected chi connectivity index (χ4v) is 2.86. The van der Waals surface area contributed by atoms with Crippen LogP contribution in [0.5, 0.6) is 0 Å². The lowest BCUT2D eigenvalue weighted by Crippen LogP contribution is -2.27. The van der Waals surface area contributed by atoms with E-state index < -0.39 is 5.97 Å². The Bertz CT molecular complexity index is 330. The molecule has 3 nitrogen and oxygen atoms in total. The van der Waals surface area contributed by atoms with Gasteiger partial charge in [-0.2, -0.15) is 0 Å². The molecule has 0 amide bonds. The van der Waals surface area contributed by atoms with Crippen LogP contribution in [0.1, 0.15) is 32.6 Å². The number of rotatable bonds is 2. The molecule has 0 aromatic carbocycles. The smallest absolute Gasteiger partial charge is 0.331 e. The highest BCUT2D eigenvalue weighted by Crippen LogP contribution is 2.43. The van der Waals surface area contributed by atoms with Crippen LogP contribution in [-0.4, -0.2) is 16.9 Å². The lowest BCUT2D eigenvalue weighted by Gasteiger charge is -2.28. The van der Waals surface area contributed by atoms with Crippen LogP contribution < -0.4 is 0 Å². The van der Waals surface area contributed by atoms with Gasteiger partial charge in [-0.1, -0.05) is 13.0 Å². The first-order valence-electron chi connectivity index (χ1n) is 5.61. The molecule has 0 saturated heterocycles. The molecule has 1 fully saturated rings. The van der Waals surface area contributed by atoms with Crippen LogP contribution in [-0.2, 0) is 9.59 Å². The standard InChI is InChI=1S/C12H16O3/c1-2-7-5-9-8(3-4-11(9)13)10(6-7)12(14)15/h6-9H,2-5H2,1H3,(H,14,15)/t7-,8-,9+/m0/s1. The van der Waals surface area contributed by atoms with Crippen molar-refractivity contribution in [3.8, 4) is 0 Å². The number of hydrogen-bond acceptors (Lipinski definition) is 2. The zero-order valence-corrected chi connectivity index (χ0v) is 8.90. The molecule has 3 atom stereocenters. The van der Waals surface area contributed by atoms with Gasteiger partial charge in [0.25, 0.3) is 0 Å². The van der Waals surface area contributed by atoms with Crippen molar-refractivity contribution in [1.82, 2.24) is 0 Å². The van der Waals surface area contributed by atoms with Gasteiger partial charge in [0.1, 0.15) is 5.78 Å². The van der Waals surface area contributed by atoms with E-state index in [0.717, 1.165) is 19.3 Å². The number of Topliss-reactive ketones (excluding diaryl/α,β-unsaturated/α-hetero) is 1. The lowest BCUT2D eigenvalue weighted by molar-refractivity contribution is -0.133. The highest BCUT2D eigenvalue weighted by Gasteiger charge is 2.42. The molecule has 0 aliphatic heterocycles. The van der Waals surface area contributed by atoms with Crippen LogP contribution >= 0.6 is 0 Å². The Balaban J connectivity index is 2.30. The van der Waals surface area contributed by atoms with Gasteiger partial charge in [0, 0.05) is 23.8 Å². The summed E-state index contributed by atoms with van der Waals surface area (Å²) in [4.78, 5) is 22.7. The molecule has 0 aromatic rings. The first-order chi connectivity index (χ1) is 7.13. The van der Waals surface area contributed by atoms with Crippen LogP contribution in [0, 0.1) is 17.8 Å². The quantitative estimate of drug-likeness (QED) is 0.755. The van der Waals surface area contributed by atoms with Crippen LogP contribution in [0.2, 0.25) is 0 Å². The lowest BCUT2D eigenvalue weighted by atomic mass is 9.75. The molecule has 2 aliphatic rings. The molecule has 3 heteroatoms. The first-order valence-corrected chi connectivity index (χ1v) is 5.61. The Labute approximate surface area is 89.2 Å². The van der Waals surface area contributed by atoms with Crippen molar-refractivity contribution in [2.45, 2.75) is 32.6 Å². The van der Waals surface area contributed by atoms with Crippen molar-refractivity contribution in [3.05, 3.63) is 11.6 Å². The second kappa shape index (κ2) is 3.80. The van der Waals surface area contributed by atoms with Crippen molar-refractivity contribution in [3.63, 3.8) is 0 Å². The monoisotopic (exact) mass is 208 g/mol. The van der Waals surface area contributed by atoms with E-state index in [9.17, 15) is 9.59 Å². The molecule has 1 saturated carbocycles. The van der Waals surface area contributed by atoms with Gasteiger partial charge >= 0.3 is 5.97 Å². The van der Waals surface area contributed by atoms with Gasteiger partial charge in [0.15, 0.2) is 0 Å². The molecule has 0 aromatic heterocycles. The summed E-state index contributed by atoms with van der Waals surface area (Å²) in [5.41, 5.74) is 0.490. The van der Waals surface area contributed by atoms with Gasteiger partial charge in [-0.3, -0.25) is 4.79 Å². The summed E-state index contributed by atoms with van der Waals surface area (Å²) >= 11 is 0. The number of ketones is 1. The second-order valence-corrected chi connectivity index (χ2v) is 4.55. The number of carbonyl (C=O) groups is 2. The number of allylic oxidation sites excluding steroid dienone is 1. The third-order valence-corrected chi connectivity index (χ3v) is 3.74.